The molecule has 2 aromatic rings. The number of benzene rings is 2. The van der Waals surface area contributed by atoms with Crippen molar-refractivity contribution in [1.29, 1.82) is 0 Å². The Morgan fingerprint density at radius 2 is 1.72 bits per heavy atom. The number of amides is 1. The third-order valence-corrected chi connectivity index (χ3v) is 5.32. The first-order chi connectivity index (χ1) is 15.0. The Hall–Kier alpha value is -2.13. The highest BCUT2D eigenvalue weighted by molar-refractivity contribution is 14.0. The van der Waals surface area contributed by atoms with E-state index in [1.807, 2.05) is 61.2 Å². The van der Waals surface area contributed by atoms with Crippen LogP contribution in [-0.4, -0.2) is 48.6 Å². The first-order valence-corrected chi connectivity index (χ1v) is 11.1. The largest absolute Gasteiger partial charge is 0.372 e. The van der Waals surface area contributed by atoms with E-state index in [0.717, 1.165) is 18.1 Å². The first-order valence-electron chi connectivity index (χ1n) is 11.1. The van der Waals surface area contributed by atoms with Gasteiger partial charge in [-0.05, 0) is 51.0 Å². The third-order valence-electron chi connectivity index (χ3n) is 5.32. The zero-order chi connectivity index (χ0) is 22.2. The highest BCUT2D eigenvalue weighted by Crippen LogP contribution is 2.15. The number of morpholine rings is 1. The van der Waals surface area contributed by atoms with Gasteiger partial charge in [0.2, 0.25) is 0 Å². The molecule has 7 heteroatoms. The summed E-state index contributed by atoms with van der Waals surface area (Å²) >= 11 is 0. The number of guanidine groups is 1. The molecule has 0 bridgehead atoms. The summed E-state index contributed by atoms with van der Waals surface area (Å²) < 4.78 is 5.73. The zero-order valence-electron chi connectivity index (χ0n) is 19.4. The van der Waals surface area contributed by atoms with Gasteiger partial charge in [-0.15, -0.1) is 24.0 Å². The maximum absolute atomic E-state index is 12.8. The number of carbonyl (C=O) groups excluding carboxylic acids is 1. The zero-order valence-corrected chi connectivity index (χ0v) is 21.7. The summed E-state index contributed by atoms with van der Waals surface area (Å²) in [6.45, 7) is 10.8. The van der Waals surface area contributed by atoms with Crippen LogP contribution in [0.25, 0.3) is 0 Å². The monoisotopic (exact) mass is 550 g/mol. The number of hydrogen-bond acceptors (Lipinski definition) is 3. The Morgan fingerprint density at radius 1 is 1.09 bits per heavy atom. The standard InChI is InChI=1S/C25H34N4O2.HI/c1-5-26-25(28-20(4)22-9-7-6-8-10-22)27-15-21-11-13-23(14-12-21)24(30)29-16-18(2)31-19(3)17-29;/h6-14,18-20H,5,15-17H2,1-4H3,(H2,26,27,28);1H. The van der Waals surface area contributed by atoms with E-state index in [0.29, 0.717) is 25.2 Å². The van der Waals surface area contributed by atoms with Gasteiger partial charge in [0.15, 0.2) is 5.96 Å². The SMILES string of the molecule is CCNC(=NCc1ccc(C(=O)N2CC(C)OC(C)C2)cc1)NC(C)c1ccccc1.I. The Kier molecular flexibility index (Phi) is 10.4. The lowest BCUT2D eigenvalue weighted by molar-refractivity contribution is -0.0586. The van der Waals surface area contributed by atoms with Gasteiger partial charge in [0, 0.05) is 25.2 Å². The van der Waals surface area contributed by atoms with Gasteiger partial charge >= 0.3 is 0 Å². The molecule has 0 aliphatic carbocycles. The Labute approximate surface area is 208 Å². The molecule has 1 amide bonds. The van der Waals surface area contributed by atoms with Gasteiger partial charge in [-0.25, -0.2) is 4.99 Å². The van der Waals surface area contributed by atoms with E-state index < -0.39 is 0 Å². The fourth-order valence-electron chi connectivity index (χ4n) is 3.80. The molecule has 32 heavy (non-hydrogen) atoms. The number of halogens is 1. The summed E-state index contributed by atoms with van der Waals surface area (Å²) in [5.74, 6) is 0.832. The van der Waals surface area contributed by atoms with Gasteiger partial charge in [-0.3, -0.25) is 4.79 Å². The van der Waals surface area contributed by atoms with E-state index in [1.54, 1.807) is 0 Å². The van der Waals surface area contributed by atoms with Crippen LogP contribution in [0.5, 0.6) is 0 Å². The number of ether oxygens (including phenoxy) is 1. The number of rotatable bonds is 6. The molecule has 1 aliphatic rings. The topological polar surface area (TPSA) is 66.0 Å². The van der Waals surface area contributed by atoms with E-state index in [1.165, 1.54) is 5.56 Å². The molecule has 1 heterocycles. The summed E-state index contributed by atoms with van der Waals surface area (Å²) in [5.41, 5.74) is 2.98. The van der Waals surface area contributed by atoms with Crippen molar-refractivity contribution < 1.29 is 9.53 Å². The lowest BCUT2D eigenvalue weighted by Crippen LogP contribution is -2.48. The van der Waals surface area contributed by atoms with Crippen LogP contribution >= 0.6 is 24.0 Å². The number of hydrogen-bond donors (Lipinski definition) is 2. The van der Waals surface area contributed by atoms with E-state index >= 15 is 0 Å². The minimum absolute atomic E-state index is 0. The first kappa shape index (κ1) is 26.1. The normalized spacial score (nSPS) is 19.6. The molecule has 174 valence electrons. The Balaban J connectivity index is 0.00000363. The third kappa shape index (κ3) is 7.48. The molecular weight excluding hydrogens is 515 g/mol. The Morgan fingerprint density at radius 3 is 2.31 bits per heavy atom. The van der Waals surface area contributed by atoms with Gasteiger partial charge in [0.1, 0.15) is 0 Å². The molecule has 3 unspecified atom stereocenters. The predicted octanol–water partition coefficient (Wildman–Crippen LogP) is 4.37. The molecule has 0 spiro atoms. The van der Waals surface area contributed by atoms with Crippen LogP contribution in [0.3, 0.4) is 0 Å². The fraction of sp³-hybridized carbons (Fsp3) is 0.440. The minimum atomic E-state index is 0. The number of nitrogens with zero attached hydrogens (tertiary/aromatic N) is 2. The van der Waals surface area contributed by atoms with Crippen molar-refractivity contribution in [3.63, 3.8) is 0 Å². The van der Waals surface area contributed by atoms with Crippen LogP contribution in [0, 0.1) is 0 Å². The fourth-order valence-corrected chi connectivity index (χ4v) is 3.80. The lowest BCUT2D eigenvalue weighted by atomic mass is 10.1. The van der Waals surface area contributed by atoms with Crippen molar-refractivity contribution in [2.75, 3.05) is 19.6 Å². The minimum Gasteiger partial charge on any atom is -0.372 e. The van der Waals surface area contributed by atoms with Gasteiger partial charge in [-0.1, -0.05) is 42.5 Å². The van der Waals surface area contributed by atoms with Gasteiger partial charge in [-0.2, -0.15) is 0 Å². The molecule has 2 N–H and O–H groups in total. The molecule has 3 rings (SSSR count). The maximum Gasteiger partial charge on any atom is 0.254 e. The summed E-state index contributed by atoms with van der Waals surface area (Å²) in [6, 6.07) is 18.2. The molecule has 1 saturated heterocycles. The summed E-state index contributed by atoms with van der Waals surface area (Å²) in [7, 11) is 0. The van der Waals surface area contributed by atoms with Crippen molar-refractivity contribution >= 4 is 35.8 Å². The van der Waals surface area contributed by atoms with E-state index in [-0.39, 0.29) is 48.1 Å². The van der Waals surface area contributed by atoms with Crippen molar-refractivity contribution in [2.24, 2.45) is 4.99 Å². The second-order valence-electron chi connectivity index (χ2n) is 8.14. The maximum atomic E-state index is 12.8. The van der Waals surface area contributed by atoms with Crippen molar-refractivity contribution in [2.45, 2.75) is 52.5 Å². The molecular formula is C25H35IN4O2. The van der Waals surface area contributed by atoms with Crippen molar-refractivity contribution in [1.82, 2.24) is 15.5 Å². The molecule has 2 aromatic carbocycles. The summed E-state index contributed by atoms with van der Waals surface area (Å²) in [6.07, 6.45) is 0.133. The van der Waals surface area contributed by atoms with Crippen LogP contribution < -0.4 is 10.6 Å². The molecule has 6 nitrogen and oxygen atoms in total. The van der Waals surface area contributed by atoms with E-state index in [2.05, 4.69) is 36.6 Å². The Bertz CT molecular complexity index is 863. The van der Waals surface area contributed by atoms with Crippen molar-refractivity contribution in [3.8, 4) is 0 Å². The van der Waals surface area contributed by atoms with E-state index in [9.17, 15) is 4.79 Å². The van der Waals surface area contributed by atoms with Crippen LogP contribution in [-0.2, 0) is 11.3 Å². The molecule has 1 fully saturated rings. The molecule has 3 atom stereocenters. The average molecular weight is 550 g/mol. The highest BCUT2D eigenvalue weighted by atomic mass is 127. The van der Waals surface area contributed by atoms with E-state index in [4.69, 9.17) is 9.73 Å². The quantitative estimate of drug-likeness (QED) is 0.319. The van der Waals surface area contributed by atoms with Crippen molar-refractivity contribution in [3.05, 3.63) is 71.3 Å². The molecule has 0 saturated carbocycles. The summed E-state index contributed by atoms with van der Waals surface area (Å²) in [4.78, 5) is 19.4. The second-order valence-corrected chi connectivity index (χ2v) is 8.14. The average Bonchev–Trinajstić information content (AvgIpc) is 2.77. The summed E-state index contributed by atoms with van der Waals surface area (Å²) in [5, 5.41) is 6.75. The van der Waals surface area contributed by atoms with Gasteiger partial charge in [0.25, 0.3) is 5.91 Å². The van der Waals surface area contributed by atoms with Crippen LogP contribution in [0.1, 0.15) is 55.2 Å². The molecule has 1 aliphatic heterocycles. The number of aliphatic imine (C=N–C) groups is 1. The number of nitrogens with one attached hydrogen (secondary N) is 2. The van der Waals surface area contributed by atoms with Gasteiger partial charge in [0.05, 0.1) is 24.8 Å². The highest BCUT2D eigenvalue weighted by Gasteiger charge is 2.26. The molecule has 0 radical (unpaired) electrons. The predicted molar refractivity (Wildman–Crippen MR) is 141 cm³/mol. The lowest BCUT2D eigenvalue weighted by Gasteiger charge is -2.35. The van der Waals surface area contributed by atoms with Crippen LogP contribution in [0.4, 0.5) is 0 Å². The van der Waals surface area contributed by atoms with Gasteiger partial charge < -0.3 is 20.3 Å². The van der Waals surface area contributed by atoms with Crippen LogP contribution in [0.15, 0.2) is 59.6 Å². The number of carbonyl (C=O) groups is 1. The van der Waals surface area contributed by atoms with Crippen LogP contribution in [0.2, 0.25) is 0 Å². The molecule has 0 aromatic heterocycles. The second kappa shape index (κ2) is 12.8. The smallest absolute Gasteiger partial charge is 0.254 e.